The summed E-state index contributed by atoms with van der Waals surface area (Å²) in [4.78, 5) is 8.17. The van der Waals surface area contributed by atoms with Crippen molar-refractivity contribution in [3.05, 3.63) is 3.83 Å². The summed E-state index contributed by atoms with van der Waals surface area (Å²) in [5.74, 6) is 0.700. The first-order chi connectivity index (χ1) is 4.75. The van der Waals surface area contributed by atoms with Crippen LogP contribution >= 0.6 is 50.3 Å². The Hall–Kier alpha value is 0.240. The molecular weight excluding hydrogens is 331 g/mol. The summed E-state index contributed by atoms with van der Waals surface area (Å²) in [5, 5.41) is 4.87. The fourth-order valence-electron chi connectivity index (χ4n) is 0.587. The van der Waals surface area contributed by atoms with Crippen LogP contribution in [0.4, 0.5) is 0 Å². The maximum atomic E-state index is 4.11. The van der Waals surface area contributed by atoms with Crippen molar-refractivity contribution in [2.24, 2.45) is 0 Å². The largest absolute Gasteiger partial charge is 0.214 e. The molecule has 0 amide bonds. The molecule has 0 unspecified atom stereocenters. The van der Waals surface area contributed by atoms with Crippen molar-refractivity contribution in [3.8, 4) is 10.8 Å². The highest BCUT2D eigenvalue weighted by molar-refractivity contribution is 14.1. The number of nitrogens with zero attached hydrogens (tertiary/aromatic N) is 4. The average molecular weight is 331 g/mol. The minimum absolute atomic E-state index is 0.700. The lowest BCUT2D eigenvalue weighted by Crippen LogP contribution is -1.77. The van der Waals surface area contributed by atoms with E-state index in [0.717, 1.165) is 8.84 Å². The van der Waals surface area contributed by atoms with Gasteiger partial charge < -0.3 is 0 Å². The smallest absolute Gasteiger partial charge is 0.207 e. The molecule has 0 aromatic rings. The summed E-state index contributed by atoms with van der Waals surface area (Å²) in [6.07, 6.45) is 0. The van der Waals surface area contributed by atoms with Gasteiger partial charge in [0.05, 0.1) is 16.1 Å². The molecule has 4 nitrogen and oxygen atoms in total. The quantitative estimate of drug-likeness (QED) is 0.689. The lowest BCUT2D eigenvalue weighted by molar-refractivity contribution is 1.07. The zero-order valence-electron chi connectivity index (χ0n) is 4.45. The van der Waals surface area contributed by atoms with E-state index >= 15 is 0 Å². The number of imidazole rings is 1. The van der Waals surface area contributed by atoms with Crippen LogP contribution in [0, 0.1) is 3.83 Å². The highest BCUT2D eigenvalue weighted by Gasteiger charge is 2.13. The molecule has 2 aliphatic rings. The third-order valence-corrected chi connectivity index (χ3v) is 2.67. The van der Waals surface area contributed by atoms with E-state index in [2.05, 4.69) is 53.8 Å². The van der Waals surface area contributed by atoms with Crippen molar-refractivity contribution >= 4 is 50.3 Å². The third kappa shape index (κ3) is 1.05. The molecule has 0 aromatic carbocycles. The highest BCUT2D eigenvalue weighted by Crippen LogP contribution is 2.23. The fraction of sp³-hybridized carbons (Fsp3) is 0. The molecule has 52 valence electrons. The van der Waals surface area contributed by atoms with Crippen LogP contribution in [0.25, 0.3) is 10.8 Å². The van der Waals surface area contributed by atoms with Crippen molar-refractivity contribution in [1.29, 1.82) is 0 Å². The summed E-state index contributed by atoms with van der Waals surface area (Å²) in [7, 11) is 0. The molecule has 2 rings (SSSR count). The first-order valence-corrected chi connectivity index (χ1v) is 4.87. The van der Waals surface area contributed by atoms with Crippen molar-refractivity contribution in [3.63, 3.8) is 0 Å². The van der Waals surface area contributed by atoms with Crippen molar-refractivity contribution in [2.75, 3.05) is 0 Å². The van der Waals surface area contributed by atoms with Crippen LogP contribution in [-0.2, 0) is 0 Å². The molecule has 2 heterocycles. The van der Waals surface area contributed by atoms with Gasteiger partial charge in [0.2, 0.25) is 5.82 Å². The number of aromatic nitrogens is 4. The van der Waals surface area contributed by atoms with Crippen LogP contribution in [0.1, 0.15) is 0 Å². The second-order valence-electron chi connectivity index (χ2n) is 1.54. The van der Waals surface area contributed by atoms with Crippen LogP contribution in [0.15, 0.2) is 0 Å². The molecule has 0 bridgehead atoms. The van der Waals surface area contributed by atoms with E-state index in [4.69, 9.17) is 0 Å². The Morgan fingerprint density at radius 2 is 2.30 bits per heavy atom. The second kappa shape index (κ2) is 2.38. The van der Waals surface area contributed by atoms with E-state index in [1.807, 2.05) is 0 Å². The van der Waals surface area contributed by atoms with E-state index in [9.17, 15) is 0 Å². The predicted molar refractivity (Wildman–Crippen MR) is 49.4 cm³/mol. The Labute approximate surface area is 82.6 Å². The highest BCUT2D eigenvalue weighted by atomic mass is 127. The van der Waals surface area contributed by atoms with E-state index in [1.54, 1.807) is 3.10 Å². The fourth-order valence-corrected chi connectivity index (χ4v) is 2.34. The van der Waals surface area contributed by atoms with Crippen LogP contribution < -0.4 is 0 Å². The van der Waals surface area contributed by atoms with Crippen LogP contribution in [-0.4, -0.2) is 18.2 Å². The van der Waals surface area contributed by atoms with Crippen molar-refractivity contribution in [2.45, 2.75) is 0 Å². The van der Waals surface area contributed by atoms with Crippen LogP contribution in [0.5, 0.6) is 0 Å². The first kappa shape index (κ1) is 6.92. The Kier molecular flexibility index (Phi) is 1.65. The van der Waals surface area contributed by atoms with Gasteiger partial charge in [0.1, 0.15) is 0 Å². The molecule has 0 radical (unpaired) electrons. The van der Waals surface area contributed by atoms with Crippen molar-refractivity contribution in [1.82, 2.24) is 18.2 Å². The monoisotopic (exact) mass is 330 g/mol. The molecule has 0 aromatic heterocycles. The van der Waals surface area contributed by atoms with E-state index < -0.39 is 0 Å². The van der Waals surface area contributed by atoms with Gasteiger partial charge in [-0.3, -0.25) is 0 Å². The molecule has 7 heteroatoms. The molecule has 0 saturated carbocycles. The summed E-state index contributed by atoms with van der Waals surface area (Å²) < 4.78 is 2.31. The summed E-state index contributed by atoms with van der Waals surface area (Å²) in [5.41, 5.74) is 0. The molecule has 0 spiro atoms. The zero-order valence-corrected chi connectivity index (χ0v) is 9.01. The van der Waals surface area contributed by atoms with Gasteiger partial charge in [0.15, 0.2) is 8.84 Å². The minimum atomic E-state index is 0.700. The molecular formula is C3BrIN4S. The Balaban J connectivity index is 2.71. The molecule has 2 aliphatic heterocycles. The van der Waals surface area contributed by atoms with Gasteiger partial charge in [0.25, 0.3) is 0 Å². The number of hydrogen-bond acceptors (Lipinski definition) is 4. The Morgan fingerprint density at radius 3 is 3.00 bits per heavy atom. The van der Waals surface area contributed by atoms with E-state index in [1.165, 1.54) is 11.5 Å². The maximum Gasteiger partial charge on any atom is 0.214 e. The van der Waals surface area contributed by atoms with Crippen LogP contribution in [0.3, 0.4) is 0 Å². The minimum Gasteiger partial charge on any atom is -0.207 e. The Bertz CT molecular complexity index is 273. The van der Waals surface area contributed by atoms with Gasteiger partial charge in [-0.2, -0.15) is 4.98 Å². The number of rotatable bonds is 0. The lowest BCUT2D eigenvalue weighted by Gasteiger charge is -1.74. The molecule has 10 heavy (non-hydrogen) atoms. The van der Waals surface area contributed by atoms with Gasteiger partial charge in [0, 0.05) is 22.6 Å². The van der Waals surface area contributed by atoms with Gasteiger partial charge in [-0.05, 0) is 11.5 Å². The maximum absolute atomic E-state index is 4.11. The zero-order chi connectivity index (χ0) is 7.14. The summed E-state index contributed by atoms with van der Waals surface area (Å²) in [6.45, 7) is 0. The second-order valence-corrected chi connectivity index (χ2v) is 4.56. The van der Waals surface area contributed by atoms with Gasteiger partial charge in [-0.15, -0.1) is 8.20 Å². The molecule has 0 fully saturated rings. The van der Waals surface area contributed by atoms with E-state index in [-0.39, 0.29) is 0 Å². The molecule has 0 aliphatic carbocycles. The predicted octanol–water partition coefficient (Wildman–Crippen LogP) is 1.60. The molecule has 0 N–H and O–H groups in total. The summed E-state index contributed by atoms with van der Waals surface area (Å²) in [6, 6.07) is 0. The van der Waals surface area contributed by atoms with Crippen molar-refractivity contribution < 1.29 is 0 Å². The summed E-state index contributed by atoms with van der Waals surface area (Å²) >= 11 is 6.65. The number of hydrogen-bond donors (Lipinski definition) is 0. The van der Waals surface area contributed by atoms with Gasteiger partial charge in [-0.1, -0.05) is 0 Å². The first-order valence-electron chi connectivity index (χ1n) is 2.31. The normalized spacial score (nSPS) is 11.0. The Morgan fingerprint density at radius 1 is 1.50 bits per heavy atom. The number of fused-ring (bicyclic) bond motifs is 1. The van der Waals surface area contributed by atoms with Crippen LogP contribution in [0.2, 0.25) is 0 Å². The topological polar surface area (TPSA) is 43.6 Å². The third-order valence-electron chi connectivity index (χ3n) is 0.918. The lowest BCUT2D eigenvalue weighted by atomic mass is 10.7. The SMILES string of the molecule is Brn1nc2nc(I)nc-2s1. The van der Waals surface area contributed by atoms with Gasteiger partial charge in [-0.25, -0.2) is 4.98 Å². The standard InChI is InChI=1S/C3BrIN4S/c4-9-8-1-2(10-9)7-3(5)6-1. The number of halogens is 2. The average Bonchev–Trinajstić information content (AvgIpc) is 2.21. The van der Waals surface area contributed by atoms with Gasteiger partial charge >= 0.3 is 0 Å². The molecule has 0 saturated heterocycles. The molecule has 0 atom stereocenters. The van der Waals surface area contributed by atoms with E-state index in [0.29, 0.717) is 5.82 Å².